The molecule has 0 saturated carbocycles. The molecule has 1 spiro atoms. The Hall–Kier alpha value is -2.71. The molecule has 0 radical (unpaired) electrons. The lowest BCUT2D eigenvalue weighted by molar-refractivity contribution is -0.170. The molecule has 0 atom stereocenters. The Labute approximate surface area is 172 Å². The van der Waals surface area contributed by atoms with Crippen molar-refractivity contribution in [3.8, 4) is 5.75 Å². The van der Waals surface area contributed by atoms with Crippen LogP contribution in [0.1, 0.15) is 23.6 Å². The van der Waals surface area contributed by atoms with Gasteiger partial charge in [0.2, 0.25) is 0 Å². The molecule has 0 unspecified atom stereocenters. The molecule has 4 heterocycles. The number of carbonyl (C=O) groups excluding carboxylic acids is 1. The largest absolute Gasteiger partial charge is 0.484 e. The first-order valence-corrected chi connectivity index (χ1v) is 9.90. The first-order chi connectivity index (χ1) is 14.0. The van der Waals surface area contributed by atoms with Gasteiger partial charge in [-0.3, -0.25) is 0 Å². The maximum Gasteiger partial charge on any atom is 0.318 e. The van der Waals surface area contributed by atoms with Crippen LogP contribution in [0.5, 0.6) is 5.75 Å². The number of fused-ring (bicyclic) bond motifs is 1. The third kappa shape index (κ3) is 3.32. The second-order valence-electron chi connectivity index (χ2n) is 7.67. The summed E-state index contributed by atoms with van der Waals surface area (Å²) in [7, 11) is 0. The molecule has 29 heavy (non-hydrogen) atoms. The number of nitrogens with zero attached hydrogens (tertiary/aromatic N) is 2. The maximum atomic E-state index is 12.4. The molecule has 0 bridgehead atoms. The van der Waals surface area contributed by atoms with Crippen LogP contribution in [-0.2, 0) is 17.9 Å². The minimum Gasteiger partial charge on any atom is -0.484 e. The summed E-state index contributed by atoms with van der Waals surface area (Å²) in [5.74, 6) is 1.19. The smallest absolute Gasteiger partial charge is 0.318 e. The summed E-state index contributed by atoms with van der Waals surface area (Å²) in [4.78, 5) is 17.6. The Morgan fingerprint density at radius 3 is 2.90 bits per heavy atom. The Balaban J connectivity index is 1.24. The molecule has 0 aliphatic carbocycles. The van der Waals surface area contributed by atoms with Crippen LogP contribution in [0.2, 0.25) is 5.02 Å². The molecule has 152 valence electrons. The zero-order chi connectivity index (χ0) is 20.0. The average molecular weight is 417 g/mol. The van der Waals surface area contributed by atoms with E-state index < -0.39 is 0 Å². The number of likely N-dealkylation sites (tertiary alicyclic amines) is 1. The molecule has 3 aromatic rings. The number of carbonyl (C=O) groups is 1. The number of hydrogen-bond acceptors (Lipinski definition) is 5. The maximum absolute atomic E-state index is 12.4. The molecule has 2 amide bonds. The number of ether oxygens (including phenoxy) is 2. The number of aromatic nitrogens is 2. The summed E-state index contributed by atoms with van der Waals surface area (Å²) in [6, 6.07) is 7.43. The van der Waals surface area contributed by atoms with Crippen molar-refractivity contribution in [2.24, 2.45) is 0 Å². The zero-order valence-corrected chi connectivity index (χ0v) is 16.7. The van der Waals surface area contributed by atoms with E-state index >= 15 is 0 Å². The summed E-state index contributed by atoms with van der Waals surface area (Å²) in [6.45, 7) is 4.57. The summed E-state index contributed by atoms with van der Waals surface area (Å²) < 4.78 is 16.2. The van der Waals surface area contributed by atoms with E-state index in [-0.39, 0.29) is 18.2 Å². The van der Waals surface area contributed by atoms with Crippen molar-refractivity contribution < 1.29 is 18.8 Å². The molecule has 5 rings (SSSR count). The van der Waals surface area contributed by atoms with Crippen LogP contribution in [-0.4, -0.2) is 46.4 Å². The van der Waals surface area contributed by atoms with Gasteiger partial charge >= 0.3 is 6.03 Å². The Kier molecular flexibility index (Phi) is 4.40. The first-order valence-electron chi connectivity index (χ1n) is 9.52. The Bertz CT molecular complexity index is 1070. The molecule has 2 aliphatic rings. The third-order valence-electron chi connectivity index (χ3n) is 5.57. The van der Waals surface area contributed by atoms with Crippen LogP contribution in [0.4, 0.5) is 4.79 Å². The van der Waals surface area contributed by atoms with Crippen molar-refractivity contribution in [2.75, 3.05) is 19.8 Å². The van der Waals surface area contributed by atoms with Gasteiger partial charge in [0.1, 0.15) is 12.4 Å². The number of nitrogens with one attached hydrogen (secondary N) is 2. The predicted molar refractivity (Wildman–Crippen MR) is 106 cm³/mol. The quantitative estimate of drug-likeness (QED) is 0.665. The van der Waals surface area contributed by atoms with Gasteiger partial charge in [-0.1, -0.05) is 16.8 Å². The van der Waals surface area contributed by atoms with Crippen LogP contribution in [0.3, 0.4) is 0 Å². The predicted octanol–water partition coefficient (Wildman–Crippen LogP) is 3.38. The SMILES string of the molecule is Cc1cc(COc2cc3[nH]c(CNC(=O)N4CCC45COC5)cc3cc2Cl)on1. The van der Waals surface area contributed by atoms with Crippen molar-refractivity contribution in [1.82, 2.24) is 20.4 Å². The molecule has 2 saturated heterocycles. The Morgan fingerprint density at radius 2 is 2.24 bits per heavy atom. The number of aromatic amines is 1. The molecule has 2 N–H and O–H groups in total. The minimum absolute atomic E-state index is 0.0531. The van der Waals surface area contributed by atoms with Gasteiger partial charge in [0, 0.05) is 35.3 Å². The van der Waals surface area contributed by atoms with E-state index in [1.165, 1.54) is 0 Å². The van der Waals surface area contributed by atoms with Crippen molar-refractivity contribution in [3.05, 3.63) is 46.4 Å². The van der Waals surface area contributed by atoms with E-state index in [1.807, 2.05) is 36.1 Å². The highest BCUT2D eigenvalue weighted by Gasteiger charge is 2.53. The lowest BCUT2D eigenvalue weighted by Gasteiger charge is -2.57. The molecule has 2 fully saturated rings. The van der Waals surface area contributed by atoms with E-state index in [0.717, 1.165) is 35.3 Å². The normalized spacial score (nSPS) is 17.2. The Morgan fingerprint density at radius 1 is 1.38 bits per heavy atom. The topological polar surface area (TPSA) is 92.6 Å². The van der Waals surface area contributed by atoms with Gasteiger partial charge in [-0.15, -0.1) is 0 Å². The van der Waals surface area contributed by atoms with Gasteiger partial charge in [-0.25, -0.2) is 4.79 Å². The van der Waals surface area contributed by atoms with E-state index in [1.54, 1.807) is 0 Å². The van der Waals surface area contributed by atoms with Crippen molar-refractivity contribution in [1.29, 1.82) is 0 Å². The fourth-order valence-corrected chi connectivity index (χ4v) is 4.02. The monoisotopic (exact) mass is 416 g/mol. The number of benzene rings is 1. The molecular weight excluding hydrogens is 396 g/mol. The van der Waals surface area contributed by atoms with Crippen molar-refractivity contribution >= 4 is 28.5 Å². The number of halogens is 1. The van der Waals surface area contributed by atoms with Crippen LogP contribution < -0.4 is 10.1 Å². The lowest BCUT2D eigenvalue weighted by atomic mass is 9.83. The van der Waals surface area contributed by atoms with Crippen LogP contribution in [0.15, 0.2) is 28.8 Å². The first kappa shape index (κ1) is 18.3. The average Bonchev–Trinajstić information content (AvgIpc) is 3.21. The fourth-order valence-electron chi connectivity index (χ4n) is 3.79. The summed E-state index contributed by atoms with van der Waals surface area (Å²) in [6.07, 6.45) is 1.02. The van der Waals surface area contributed by atoms with Crippen LogP contribution >= 0.6 is 11.6 Å². The highest BCUT2D eigenvalue weighted by atomic mass is 35.5. The summed E-state index contributed by atoms with van der Waals surface area (Å²) in [5.41, 5.74) is 2.52. The van der Waals surface area contributed by atoms with Crippen LogP contribution in [0, 0.1) is 6.92 Å². The number of H-pyrrole nitrogens is 1. The number of rotatable bonds is 5. The van der Waals surface area contributed by atoms with Gasteiger partial charge in [0.15, 0.2) is 5.76 Å². The fraction of sp³-hybridized carbons (Fsp3) is 0.400. The molecule has 1 aromatic carbocycles. The number of hydrogen-bond donors (Lipinski definition) is 2. The second-order valence-corrected chi connectivity index (χ2v) is 8.07. The summed E-state index contributed by atoms with van der Waals surface area (Å²) >= 11 is 6.36. The third-order valence-corrected chi connectivity index (χ3v) is 5.86. The molecule has 2 aromatic heterocycles. The highest BCUT2D eigenvalue weighted by molar-refractivity contribution is 6.32. The van der Waals surface area contributed by atoms with E-state index in [4.69, 9.17) is 25.6 Å². The standard InChI is InChI=1S/C20H21ClN4O4/c1-12-4-15(29-24-12)9-28-18-7-17-13(6-16(18)21)5-14(23-17)8-22-19(26)25-3-2-20(25)10-27-11-20/h4-7,23H,2-3,8-11H2,1H3,(H,22,26). The zero-order valence-electron chi connectivity index (χ0n) is 16.0. The minimum atomic E-state index is -0.0631. The highest BCUT2D eigenvalue weighted by Crippen LogP contribution is 2.37. The van der Waals surface area contributed by atoms with E-state index in [9.17, 15) is 4.79 Å². The molecule has 8 nitrogen and oxygen atoms in total. The molecule has 2 aliphatic heterocycles. The second kappa shape index (κ2) is 6.96. The van der Waals surface area contributed by atoms with E-state index in [0.29, 0.717) is 36.3 Å². The number of urea groups is 1. The van der Waals surface area contributed by atoms with Crippen LogP contribution in [0.25, 0.3) is 10.9 Å². The summed E-state index contributed by atoms with van der Waals surface area (Å²) in [5, 5.41) is 8.28. The van der Waals surface area contributed by atoms with Gasteiger partial charge in [-0.2, -0.15) is 0 Å². The molecular formula is C20H21ClN4O4. The lowest BCUT2D eigenvalue weighted by Crippen LogP contribution is -2.73. The number of aryl methyl sites for hydroxylation is 1. The van der Waals surface area contributed by atoms with Gasteiger partial charge in [-0.05, 0) is 25.5 Å². The molecule has 9 heteroatoms. The van der Waals surface area contributed by atoms with E-state index in [2.05, 4.69) is 15.5 Å². The van der Waals surface area contributed by atoms with Crippen molar-refractivity contribution in [2.45, 2.75) is 32.0 Å². The van der Waals surface area contributed by atoms with Gasteiger partial charge < -0.3 is 29.2 Å². The van der Waals surface area contributed by atoms with Gasteiger partial charge in [0.25, 0.3) is 0 Å². The van der Waals surface area contributed by atoms with Gasteiger partial charge in [0.05, 0.1) is 36.0 Å². The van der Waals surface area contributed by atoms with Crippen molar-refractivity contribution in [3.63, 3.8) is 0 Å². The number of amides is 2.